The van der Waals surface area contributed by atoms with Crippen molar-refractivity contribution in [1.29, 1.82) is 0 Å². The lowest BCUT2D eigenvalue weighted by atomic mass is 10.2. The molecule has 1 heterocycles. The number of aromatic nitrogens is 2. The van der Waals surface area contributed by atoms with Gasteiger partial charge in [0, 0.05) is 19.0 Å². The molecule has 0 aliphatic heterocycles. The van der Waals surface area contributed by atoms with Crippen LogP contribution in [0.4, 0.5) is 15.9 Å². The van der Waals surface area contributed by atoms with Crippen LogP contribution in [0.2, 0.25) is 5.15 Å². The average molecular weight is 294 g/mol. The normalized spacial score (nSPS) is 10.6. The van der Waals surface area contributed by atoms with Gasteiger partial charge in [0.05, 0.1) is 5.69 Å². The van der Waals surface area contributed by atoms with Crippen LogP contribution in [0, 0.1) is 5.82 Å². The van der Waals surface area contributed by atoms with Gasteiger partial charge in [0.25, 0.3) is 0 Å². The van der Waals surface area contributed by atoms with Crippen LogP contribution in [0.1, 0.15) is 26.1 Å². The molecule has 3 nitrogen and oxygen atoms in total. The van der Waals surface area contributed by atoms with Gasteiger partial charge in [0.15, 0.2) is 0 Å². The van der Waals surface area contributed by atoms with Gasteiger partial charge in [0.1, 0.15) is 22.6 Å². The van der Waals surface area contributed by atoms with Crippen molar-refractivity contribution < 1.29 is 4.39 Å². The van der Waals surface area contributed by atoms with E-state index >= 15 is 0 Å². The summed E-state index contributed by atoms with van der Waals surface area (Å²) in [6.45, 7) is 4.60. The Hall–Kier alpha value is -1.68. The molecular formula is C15H17ClFN3. The molecule has 0 amide bonds. The van der Waals surface area contributed by atoms with Crippen molar-refractivity contribution in [2.75, 3.05) is 11.4 Å². The number of rotatable bonds is 5. The maximum atomic E-state index is 13.9. The number of nitrogens with zero attached hydrogens (tertiary/aromatic N) is 3. The molecule has 1 aromatic carbocycles. The molecule has 0 unspecified atom stereocenters. The molecule has 0 aliphatic carbocycles. The standard InChI is InChI=1S/C15H17ClFN3/c1-3-7-14-18-13(16)10-15(19-14)20(4-2)12-9-6-5-8-11(12)17/h5-6,8-10H,3-4,7H2,1-2H3. The van der Waals surface area contributed by atoms with E-state index in [9.17, 15) is 4.39 Å². The second-order valence-corrected chi connectivity index (χ2v) is 4.80. The van der Waals surface area contributed by atoms with Crippen molar-refractivity contribution in [1.82, 2.24) is 9.97 Å². The summed E-state index contributed by atoms with van der Waals surface area (Å²) >= 11 is 6.04. The third kappa shape index (κ3) is 3.25. The highest BCUT2D eigenvalue weighted by Crippen LogP contribution is 2.27. The lowest BCUT2D eigenvalue weighted by Crippen LogP contribution is -2.19. The summed E-state index contributed by atoms with van der Waals surface area (Å²) in [4.78, 5) is 10.5. The van der Waals surface area contributed by atoms with E-state index in [2.05, 4.69) is 16.9 Å². The molecule has 0 spiro atoms. The largest absolute Gasteiger partial charge is 0.324 e. The highest BCUT2D eigenvalue weighted by atomic mass is 35.5. The second kappa shape index (κ2) is 6.66. The van der Waals surface area contributed by atoms with Crippen molar-refractivity contribution in [3.05, 3.63) is 47.1 Å². The Morgan fingerprint density at radius 2 is 1.95 bits per heavy atom. The summed E-state index contributed by atoms with van der Waals surface area (Å²) in [5, 5.41) is 0.383. The fraction of sp³-hybridized carbons (Fsp3) is 0.333. The number of anilines is 2. The smallest absolute Gasteiger partial charge is 0.146 e. The number of halogens is 2. The predicted molar refractivity (Wildman–Crippen MR) is 80.1 cm³/mol. The van der Waals surface area contributed by atoms with Gasteiger partial charge in [-0.1, -0.05) is 30.7 Å². The van der Waals surface area contributed by atoms with E-state index < -0.39 is 0 Å². The van der Waals surface area contributed by atoms with Crippen molar-refractivity contribution >= 4 is 23.1 Å². The Bertz CT molecular complexity index is 589. The molecule has 2 aromatic rings. The van der Waals surface area contributed by atoms with Crippen LogP contribution in [0.25, 0.3) is 0 Å². The van der Waals surface area contributed by atoms with Crippen molar-refractivity contribution in [3.63, 3.8) is 0 Å². The highest BCUT2D eigenvalue weighted by molar-refractivity contribution is 6.29. The van der Waals surface area contributed by atoms with Gasteiger partial charge in [-0.25, -0.2) is 14.4 Å². The molecule has 0 N–H and O–H groups in total. The molecule has 0 aliphatic rings. The van der Waals surface area contributed by atoms with Gasteiger partial charge in [-0.3, -0.25) is 0 Å². The Morgan fingerprint density at radius 1 is 1.20 bits per heavy atom. The number of hydrogen-bond donors (Lipinski definition) is 0. The number of benzene rings is 1. The topological polar surface area (TPSA) is 29.0 Å². The molecule has 20 heavy (non-hydrogen) atoms. The average Bonchev–Trinajstić information content (AvgIpc) is 2.41. The van der Waals surface area contributed by atoms with E-state index in [0.717, 1.165) is 12.8 Å². The molecule has 5 heteroatoms. The van der Waals surface area contributed by atoms with E-state index in [0.29, 0.717) is 29.0 Å². The summed E-state index contributed by atoms with van der Waals surface area (Å²) in [7, 11) is 0. The fourth-order valence-electron chi connectivity index (χ4n) is 2.05. The molecule has 0 bridgehead atoms. The molecule has 106 valence electrons. The van der Waals surface area contributed by atoms with Gasteiger partial charge in [-0.05, 0) is 25.5 Å². The first-order chi connectivity index (χ1) is 9.65. The maximum absolute atomic E-state index is 13.9. The minimum absolute atomic E-state index is 0.277. The third-order valence-corrected chi connectivity index (χ3v) is 3.13. The molecule has 0 atom stereocenters. The van der Waals surface area contributed by atoms with E-state index in [1.807, 2.05) is 6.92 Å². The Labute approximate surface area is 123 Å². The Morgan fingerprint density at radius 3 is 2.60 bits per heavy atom. The van der Waals surface area contributed by atoms with Gasteiger partial charge in [0.2, 0.25) is 0 Å². The monoisotopic (exact) mass is 293 g/mol. The van der Waals surface area contributed by atoms with Crippen molar-refractivity contribution in [2.24, 2.45) is 0 Å². The maximum Gasteiger partial charge on any atom is 0.146 e. The summed E-state index contributed by atoms with van der Waals surface area (Å²) in [6, 6.07) is 8.30. The lowest BCUT2D eigenvalue weighted by molar-refractivity contribution is 0.625. The van der Waals surface area contributed by atoms with E-state index in [1.165, 1.54) is 6.07 Å². The lowest BCUT2D eigenvalue weighted by Gasteiger charge is -2.23. The van der Waals surface area contributed by atoms with Gasteiger partial charge in [-0.15, -0.1) is 0 Å². The summed E-state index contributed by atoms with van der Waals surface area (Å²) in [6.07, 6.45) is 1.69. The highest BCUT2D eigenvalue weighted by Gasteiger charge is 2.14. The number of hydrogen-bond acceptors (Lipinski definition) is 3. The fourth-order valence-corrected chi connectivity index (χ4v) is 2.25. The SMILES string of the molecule is CCCc1nc(Cl)cc(N(CC)c2ccccc2F)n1. The van der Waals surface area contributed by atoms with Gasteiger partial charge < -0.3 is 4.90 Å². The summed E-state index contributed by atoms with van der Waals surface area (Å²) in [5.74, 6) is 1.03. The summed E-state index contributed by atoms with van der Waals surface area (Å²) in [5.41, 5.74) is 0.493. The van der Waals surface area contributed by atoms with Crippen LogP contribution in [-0.4, -0.2) is 16.5 Å². The molecule has 0 saturated heterocycles. The van der Waals surface area contributed by atoms with E-state index in [-0.39, 0.29) is 5.82 Å². The first-order valence-corrected chi connectivity index (χ1v) is 7.09. The number of para-hydroxylation sites is 1. The molecular weight excluding hydrogens is 277 g/mol. The molecule has 1 aromatic heterocycles. The Kier molecular flexibility index (Phi) is 4.90. The van der Waals surface area contributed by atoms with Crippen LogP contribution in [0.15, 0.2) is 30.3 Å². The minimum atomic E-state index is -0.277. The molecule has 0 fully saturated rings. The molecule has 0 saturated carbocycles. The van der Waals surface area contributed by atoms with Crippen molar-refractivity contribution in [2.45, 2.75) is 26.7 Å². The van der Waals surface area contributed by atoms with E-state index in [1.54, 1.807) is 29.2 Å². The van der Waals surface area contributed by atoms with Crippen molar-refractivity contribution in [3.8, 4) is 0 Å². The quantitative estimate of drug-likeness (QED) is 0.766. The third-order valence-electron chi connectivity index (χ3n) is 2.94. The zero-order valence-corrected chi connectivity index (χ0v) is 12.4. The van der Waals surface area contributed by atoms with Gasteiger partial charge in [-0.2, -0.15) is 0 Å². The van der Waals surface area contributed by atoms with Crippen LogP contribution < -0.4 is 4.90 Å². The van der Waals surface area contributed by atoms with Crippen LogP contribution in [-0.2, 0) is 6.42 Å². The van der Waals surface area contributed by atoms with Crippen LogP contribution in [0.5, 0.6) is 0 Å². The second-order valence-electron chi connectivity index (χ2n) is 4.41. The first-order valence-electron chi connectivity index (χ1n) is 6.71. The zero-order valence-electron chi connectivity index (χ0n) is 11.6. The predicted octanol–water partition coefficient (Wildman–Crippen LogP) is 4.38. The van der Waals surface area contributed by atoms with Crippen LogP contribution >= 0.6 is 11.6 Å². The molecule has 0 radical (unpaired) electrons. The van der Waals surface area contributed by atoms with E-state index in [4.69, 9.17) is 11.6 Å². The molecule has 2 rings (SSSR count). The van der Waals surface area contributed by atoms with Gasteiger partial charge >= 0.3 is 0 Å². The van der Waals surface area contributed by atoms with Crippen LogP contribution in [0.3, 0.4) is 0 Å². The zero-order chi connectivity index (χ0) is 14.5. The summed E-state index contributed by atoms with van der Waals surface area (Å²) < 4.78 is 13.9. The number of aryl methyl sites for hydroxylation is 1. The Balaban J connectivity index is 2.44. The minimum Gasteiger partial charge on any atom is -0.324 e. The first kappa shape index (κ1) is 14.7.